The van der Waals surface area contributed by atoms with E-state index in [-0.39, 0.29) is 11.5 Å². The average molecular weight is 340 g/mol. The number of halogens is 1. The molecule has 0 spiro atoms. The second-order valence-electron chi connectivity index (χ2n) is 6.26. The SMILES string of the molecule is O=C(NC(Cc1ccccc1)C(=O)N1CCCC1)c1cccc(F)c1. The zero-order chi connectivity index (χ0) is 17.6. The van der Waals surface area contributed by atoms with E-state index >= 15 is 0 Å². The third-order valence-electron chi connectivity index (χ3n) is 4.39. The molecule has 1 aliphatic heterocycles. The van der Waals surface area contributed by atoms with Gasteiger partial charge in [-0.05, 0) is 36.6 Å². The van der Waals surface area contributed by atoms with Gasteiger partial charge in [0.1, 0.15) is 11.9 Å². The summed E-state index contributed by atoms with van der Waals surface area (Å²) in [5.41, 5.74) is 1.19. The van der Waals surface area contributed by atoms with Crippen LogP contribution in [0.3, 0.4) is 0 Å². The van der Waals surface area contributed by atoms with Crippen LogP contribution in [0.4, 0.5) is 4.39 Å². The minimum Gasteiger partial charge on any atom is -0.341 e. The number of benzene rings is 2. The van der Waals surface area contributed by atoms with Gasteiger partial charge in [0, 0.05) is 25.1 Å². The standard InChI is InChI=1S/C20H21FN2O2/c21-17-10-6-9-16(14-17)19(24)22-18(13-15-7-2-1-3-8-15)20(25)23-11-4-5-12-23/h1-3,6-10,14,18H,4-5,11-13H2,(H,22,24). The van der Waals surface area contributed by atoms with Crippen LogP contribution in [0.2, 0.25) is 0 Å². The van der Waals surface area contributed by atoms with Gasteiger partial charge in [-0.1, -0.05) is 36.4 Å². The molecule has 5 heteroatoms. The molecular weight excluding hydrogens is 319 g/mol. The van der Waals surface area contributed by atoms with Gasteiger partial charge in [0.05, 0.1) is 0 Å². The highest BCUT2D eigenvalue weighted by Crippen LogP contribution is 2.13. The van der Waals surface area contributed by atoms with E-state index in [2.05, 4.69) is 5.32 Å². The number of nitrogens with zero attached hydrogens (tertiary/aromatic N) is 1. The number of hydrogen-bond acceptors (Lipinski definition) is 2. The molecule has 25 heavy (non-hydrogen) atoms. The Balaban J connectivity index is 1.77. The first kappa shape index (κ1) is 17.1. The normalized spacial score (nSPS) is 15.0. The van der Waals surface area contributed by atoms with Crippen molar-refractivity contribution in [3.05, 3.63) is 71.5 Å². The first-order chi connectivity index (χ1) is 12.1. The number of nitrogens with one attached hydrogen (secondary N) is 1. The molecule has 1 aliphatic rings. The summed E-state index contributed by atoms with van der Waals surface area (Å²) in [6.07, 6.45) is 2.39. The first-order valence-corrected chi connectivity index (χ1v) is 8.52. The third kappa shape index (κ3) is 4.44. The van der Waals surface area contributed by atoms with E-state index in [1.807, 2.05) is 30.3 Å². The lowest BCUT2D eigenvalue weighted by Gasteiger charge is -2.24. The first-order valence-electron chi connectivity index (χ1n) is 8.52. The largest absolute Gasteiger partial charge is 0.341 e. The van der Waals surface area contributed by atoms with Crippen LogP contribution in [-0.2, 0) is 11.2 Å². The Bertz CT molecular complexity index is 742. The predicted octanol–water partition coefficient (Wildman–Crippen LogP) is 2.79. The summed E-state index contributed by atoms with van der Waals surface area (Å²) in [4.78, 5) is 27.1. The van der Waals surface area contributed by atoms with Crippen molar-refractivity contribution in [2.24, 2.45) is 0 Å². The quantitative estimate of drug-likeness (QED) is 0.910. The highest BCUT2D eigenvalue weighted by Gasteiger charge is 2.28. The lowest BCUT2D eigenvalue weighted by atomic mass is 10.0. The molecule has 3 rings (SSSR count). The van der Waals surface area contributed by atoms with E-state index in [4.69, 9.17) is 0 Å². The Morgan fingerprint density at radius 1 is 1.04 bits per heavy atom. The van der Waals surface area contributed by atoms with Gasteiger partial charge in [0.15, 0.2) is 0 Å². The number of carbonyl (C=O) groups is 2. The predicted molar refractivity (Wildman–Crippen MR) is 93.6 cm³/mol. The van der Waals surface area contributed by atoms with Gasteiger partial charge in [-0.25, -0.2) is 4.39 Å². The molecule has 1 fully saturated rings. The zero-order valence-electron chi connectivity index (χ0n) is 14.0. The summed E-state index contributed by atoms with van der Waals surface area (Å²) in [7, 11) is 0. The van der Waals surface area contributed by atoms with E-state index in [9.17, 15) is 14.0 Å². The van der Waals surface area contributed by atoms with Crippen molar-refractivity contribution in [2.45, 2.75) is 25.3 Å². The molecule has 1 unspecified atom stereocenters. The molecule has 1 heterocycles. The van der Waals surface area contributed by atoms with Crippen LogP contribution >= 0.6 is 0 Å². The summed E-state index contributed by atoms with van der Waals surface area (Å²) in [5.74, 6) is -0.989. The maximum absolute atomic E-state index is 13.4. The molecule has 1 saturated heterocycles. The molecule has 1 atom stereocenters. The molecule has 130 valence electrons. The number of amides is 2. The summed E-state index contributed by atoms with van der Waals surface area (Å²) in [6, 6.07) is 14.4. The molecule has 2 amide bonds. The van der Waals surface area contributed by atoms with Crippen molar-refractivity contribution in [3.63, 3.8) is 0 Å². The van der Waals surface area contributed by atoms with E-state index in [1.165, 1.54) is 18.2 Å². The van der Waals surface area contributed by atoms with Crippen LogP contribution < -0.4 is 5.32 Å². The van der Waals surface area contributed by atoms with Gasteiger partial charge >= 0.3 is 0 Å². The average Bonchev–Trinajstić information content (AvgIpc) is 3.16. The van der Waals surface area contributed by atoms with Gasteiger partial charge in [0.25, 0.3) is 5.91 Å². The molecule has 2 aromatic rings. The molecule has 1 N–H and O–H groups in total. The Kier molecular flexibility index (Phi) is 5.43. The number of carbonyl (C=O) groups excluding carboxylic acids is 2. The van der Waals surface area contributed by atoms with Crippen molar-refractivity contribution < 1.29 is 14.0 Å². The Morgan fingerprint density at radius 3 is 2.44 bits per heavy atom. The molecule has 0 bridgehead atoms. The molecule has 2 aromatic carbocycles. The van der Waals surface area contributed by atoms with Crippen LogP contribution in [-0.4, -0.2) is 35.8 Å². The van der Waals surface area contributed by atoms with Gasteiger partial charge in [0.2, 0.25) is 5.91 Å². The summed E-state index contributed by atoms with van der Waals surface area (Å²) >= 11 is 0. The highest BCUT2D eigenvalue weighted by atomic mass is 19.1. The van der Waals surface area contributed by atoms with E-state index < -0.39 is 17.8 Å². The number of rotatable bonds is 5. The third-order valence-corrected chi connectivity index (χ3v) is 4.39. The Labute approximate surface area is 146 Å². The fourth-order valence-electron chi connectivity index (χ4n) is 3.08. The van der Waals surface area contributed by atoms with Crippen LogP contribution in [0, 0.1) is 5.82 Å². The van der Waals surface area contributed by atoms with Crippen molar-refractivity contribution >= 4 is 11.8 Å². The molecule has 0 aliphatic carbocycles. The molecule has 0 radical (unpaired) electrons. The monoisotopic (exact) mass is 340 g/mol. The molecule has 4 nitrogen and oxygen atoms in total. The Morgan fingerprint density at radius 2 is 1.76 bits per heavy atom. The van der Waals surface area contributed by atoms with Crippen molar-refractivity contribution in [1.29, 1.82) is 0 Å². The topological polar surface area (TPSA) is 49.4 Å². The molecular formula is C20H21FN2O2. The lowest BCUT2D eigenvalue weighted by Crippen LogP contribution is -2.49. The summed E-state index contributed by atoms with van der Waals surface area (Å²) in [5, 5.41) is 2.79. The molecule has 0 aromatic heterocycles. The van der Waals surface area contributed by atoms with Crippen molar-refractivity contribution in [3.8, 4) is 0 Å². The highest BCUT2D eigenvalue weighted by molar-refractivity contribution is 5.97. The van der Waals surface area contributed by atoms with Crippen LogP contribution in [0.25, 0.3) is 0 Å². The minimum absolute atomic E-state index is 0.0777. The van der Waals surface area contributed by atoms with E-state index in [0.29, 0.717) is 6.42 Å². The lowest BCUT2D eigenvalue weighted by molar-refractivity contribution is -0.132. The summed E-state index contributed by atoms with van der Waals surface area (Å²) in [6.45, 7) is 1.44. The number of hydrogen-bond donors (Lipinski definition) is 1. The summed E-state index contributed by atoms with van der Waals surface area (Å²) < 4.78 is 13.4. The van der Waals surface area contributed by atoms with E-state index in [1.54, 1.807) is 11.0 Å². The van der Waals surface area contributed by atoms with Gasteiger partial charge in [-0.3, -0.25) is 9.59 Å². The second-order valence-corrected chi connectivity index (χ2v) is 6.26. The second kappa shape index (κ2) is 7.92. The van der Waals surface area contributed by atoms with Crippen molar-refractivity contribution in [2.75, 3.05) is 13.1 Å². The fourth-order valence-corrected chi connectivity index (χ4v) is 3.08. The van der Waals surface area contributed by atoms with Gasteiger partial charge in [-0.15, -0.1) is 0 Å². The maximum Gasteiger partial charge on any atom is 0.252 e. The van der Waals surface area contributed by atoms with Crippen molar-refractivity contribution in [1.82, 2.24) is 10.2 Å². The maximum atomic E-state index is 13.4. The van der Waals surface area contributed by atoms with Crippen LogP contribution in [0.1, 0.15) is 28.8 Å². The van der Waals surface area contributed by atoms with Crippen LogP contribution in [0.5, 0.6) is 0 Å². The zero-order valence-corrected chi connectivity index (χ0v) is 14.0. The van der Waals surface area contributed by atoms with Gasteiger partial charge < -0.3 is 10.2 Å². The van der Waals surface area contributed by atoms with Crippen LogP contribution in [0.15, 0.2) is 54.6 Å². The fraction of sp³-hybridized carbons (Fsp3) is 0.300. The van der Waals surface area contributed by atoms with Gasteiger partial charge in [-0.2, -0.15) is 0 Å². The smallest absolute Gasteiger partial charge is 0.252 e. The minimum atomic E-state index is -0.656. The molecule has 0 saturated carbocycles. The van der Waals surface area contributed by atoms with E-state index in [0.717, 1.165) is 31.5 Å². The Hall–Kier alpha value is -2.69. The number of likely N-dealkylation sites (tertiary alicyclic amines) is 1.